The first-order valence-corrected chi connectivity index (χ1v) is 9.42. The smallest absolute Gasteiger partial charge is 0.314 e. The fraction of sp³-hybridized carbons (Fsp3) is 0. The van der Waals surface area contributed by atoms with E-state index in [1.165, 1.54) is 11.8 Å². The van der Waals surface area contributed by atoms with E-state index in [0.717, 1.165) is 14.3 Å². The highest BCUT2D eigenvalue weighted by Gasteiger charge is 2.16. The normalized spacial score (nSPS) is 10.2. The van der Waals surface area contributed by atoms with E-state index >= 15 is 0 Å². The van der Waals surface area contributed by atoms with Gasteiger partial charge in [0.2, 0.25) is 0 Å². The highest BCUT2D eigenvalue weighted by atomic mass is 79.9. The lowest BCUT2D eigenvalue weighted by atomic mass is 10.3. The van der Waals surface area contributed by atoms with E-state index < -0.39 is 11.8 Å². The third-order valence-corrected chi connectivity index (χ3v) is 5.03. The van der Waals surface area contributed by atoms with Crippen molar-refractivity contribution in [3.63, 3.8) is 0 Å². The van der Waals surface area contributed by atoms with Crippen molar-refractivity contribution in [2.24, 2.45) is 0 Å². The maximum Gasteiger partial charge on any atom is 0.314 e. The third kappa shape index (κ3) is 4.97. The number of benzene rings is 3. The molecule has 0 aliphatic heterocycles. The average Bonchev–Trinajstić information content (AvgIpc) is 2.66. The van der Waals surface area contributed by atoms with Crippen LogP contribution in [0.5, 0.6) is 0 Å². The van der Waals surface area contributed by atoms with Crippen molar-refractivity contribution >= 4 is 50.9 Å². The van der Waals surface area contributed by atoms with E-state index in [-0.39, 0.29) is 0 Å². The zero-order chi connectivity index (χ0) is 18.4. The number of anilines is 2. The van der Waals surface area contributed by atoms with Crippen LogP contribution in [0, 0.1) is 0 Å². The Morgan fingerprint density at radius 1 is 0.731 bits per heavy atom. The van der Waals surface area contributed by atoms with Gasteiger partial charge in [-0.05, 0) is 48.5 Å². The van der Waals surface area contributed by atoms with Crippen LogP contribution >= 0.6 is 27.7 Å². The first-order valence-electron chi connectivity index (χ1n) is 7.81. The quantitative estimate of drug-likeness (QED) is 0.565. The Labute approximate surface area is 164 Å². The Hall–Kier alpha value is -2.57. The molecule has 0 bridgehead atoms. The minimum absolute atomic E-state index is 0.556. The maximum absolute atomic E-state index is 12.2. The SMILES string of the molecule is O=C(Nc1ccc(Br)cc1)C(=O)Nc1ccccc1Sc1ccccc1. The van der Waals surface area contributed by atoms with Crippen molar-refractivity contribution in [3.8, 4) is 0 Å². The predicted octanol–water partition coefficient (Wildman–Crippen LogP) is 5.18. The summed E-state index contributed by atoms with van der Waals surface area (Å²) in [6, 6.07) is 24.2. The lowest BCUT2D eigenvalue weighted by Gasteiger charge is -2.11. The molecule has 0 saturated heterocycles. The van der Waals surface area contributed by atoms with E-state index in [9.17, 15) is 9.59 Å². The molecule has 0 atom stereocenters. The number of carbonyl (C=O) groups is 2. The van der Waals surface area contributed by atoms with Crippen LogP contribution in [0.25, 0.3) is 0 Å². The van der Waals surface area contributed by atoms with Gasteiger partial charge in [-0.3, -0.25) is 9.59 Å². The van der Waals surface area contributed by atoms with Gasteiger partial charge in [0.15, 0.2) is 0 Å². The number of carbonyl (C=O) groups excluding carboxylic acids is 2. The fourth-order valence-electron chi connectivity index (χ4n) is 2.17. The van der Waals surface area contributed by atoms with Crippen LogP contribution in [0.15, 0.2) is 93.1 Å². The summed E-state index contributed by atoms with van der Waals surface area (Å²) in [6.07, 6.45) is 0. The van der Waals surface area contributed by atoms with Gasteiger partial charge >= 0.3 is 11.8 Å². The van der Waals surface area contributed by atoms with Crippen molar-refractivity contribution in [3.05, 3.63) is 83.3 Å². The van der Waals surface area contributed by atoms with Crippen molar-refractivity contribution < 1.29 is 9.59 Å². The summed E-state index contributed by atoms with van der Waals surface area (Å²) in [5.41, 5.74) is 1.15. The van der Waals surface area contributed by atoms with Gasteiger partial charge in [-0.25, -0.2) is 0 Å². The Balaban J connectivity index is 1.69. The molecular weight excluding hydrogens is 412 g/mol. The van der Waals surface area contributed by atoms with Gasteiger partial charge in [-0.1, -0.05) is 58.0 Å². The molecule has 0 unspecified atom stereocenters. The lowest BCUT2D eigenvalue weighted by molar-refractivity contribution is -0.133. The van der Waals surface area contributed by atoms with Crippen LogP contribution in [-0.2, 0) is 9.59 Å². The maximum atomic E-state index is 12.2. The zero-order valence-corrected chi connectivity index (χ0v) is 16.0. The molecular formula is C20H15BrN2O2S. The number of rotatable bonds is 4. The lowest BCUT2D eigenvalue weighted by Crippen LogP contribution is -2.29. The van der Waals surface area contributed by atoms with Gasteiger partial charge in [0, 0.05) is 20.0 Å². The molecule has 3 aromatic carbocycles. The molecule has 4 nitrogen and oxygen atoms in total. The van der Waals surface area contributed by atoms with Crippen LogP contribution < -0.4 is 10.6 Å². The first kappa shape index (κ1) is 18.2. The molecule has 6 heteroatoms. The Morgan fingerprint density at radius 3 is 2.08 bits per heavy atom. The molecule has 3 rings (SSSR count). The van der Waals surface area contributed by atoms with E-state index in [1.54, 1.807) is 30.3 Å². The van der Waals surface area contributed by atoms with E-state index in [2.05, 4.69) is 26.6 Å². The number of para-hydroxylation sites is 1. The highest BCUT2D eigenvalue weighted by Crippen LogP contribution is 2.33. The van der Waals surface area contributed by atoms with Crippen LogP contribution in [0.2, 0.25) is 0 Å². The highest BCUT2D eigenvalue weighted by molar-refractivity contribution is 9.10. The fourth-order valence-corrected chi connectivity index (χ4v) is 3.36. The summed E-state index contributed by atoms with van der Waals surface area (Å²) in [4.78, 5) is 26.3. The Bertz CT molecular complexity index is 915. The summed E-state index contributed by atoms with van der Waals surface area (Å²) in [7, 11) is 0. The largest absolute Gasteiger partial charge is 0.318 e. The standard InChI is InChI=1S/C20H15BrN2O2S/c21-14-10-12-15(13-11-14)22-19(24)20(25)23-17-8-4-5-9-18(17)26-16-6-2-1-3-7-16/h1-13H,(H,22,24)(H,23,25). The molecule has 3 aromatic rings. The summed E-state index contributed by atoms with van der Waals surface area (Å²) in [6.45, 7) is 0. The molecule has 0 aliphatic carbocycles. The van der Waals surface area contributed by atoms with E-state index in [1.807, 2.05) is 48.5 Å². The van der Waals surface area contributed by atoms with Gasteiger partial charge < -0.3 is 10.6 Å². The minimum atomic E-state index is -0.716. The second kappa shape index (κ2) is 8.69. The van der Waals surface area contributed by atoms with Crippen molar-refractivity contribution in [2.75, 3.05) is 10.6 Å². The number of nitrogens with one attached hydrogen (secondary N) is 2. The number of hydrogen-bond acceptors (Lipinski definition) is 3. The molecule has 0 aromatic heterocycles. The number of amides is 2. The molecule has 0 heterocycles. The summed E-state index contributed by atoms with van der Waals surface area (Å²) in [5.74, 6) is -1.43. The first-order chi connectivity index (χ1) is 12.6. The van der Waals surface area contributed by atoms with Gasteiger partial charge in [-0.15, -0.1) is 0 Å². The predicted molar refractivity (Wildman–Crippen MR) is 108 cm³/mol. The summed E-state index contributed by atoms with van der Waals surface area (Å²) in [5, 5.41) is 5.26. The minimum Gasteiger partial charge on any atom is -0.318 e. The third-order valence-electron chi connectivity index (χ3n) is 3.41. The zero-order valence-electron chi connectivity index (χ0n) is 13.6. The van der Waals surface area contributed by atoms with Crippen molar-refractivity contribution in [1.82, 2.24) is 0 Å². The monoisotopic (exact) mass is 426 g/mol. The molecule has 0 saturated carbocycles. The summed E-state index contributed by atoms with van der Waals surface area (Å²) < 4.78 is 0.895. The van der Waals surface area contributed by atoms with Crippen molar-refractivity contribution in [2.45, 2.75) is 9.79 Å². The number of hydrogen-bond donors (Lipinski definition) is 2. The molecule has 26 heavy (non-hydrogen) atoms. The van der Waals surface area contributed by atoms with Gasteiger partial charge in [-0.2, -0.15) is 0 Å². The van der Waals surface area contributed by atoms with Gasteiger partial charge in [0.25, 0.3) is 0 Å². The number of halogens is 1. The molecule has 0 spiro atoms. The summed E-state index contributed by atoms with van der Waals surface area (Å²) >= 11 is 4.85. The molecule has 130 valence electrons. The Morgan fingerprint density at radius 2 is 1.35 bits per heavy atom. The molecule has 2 N–H and O–H groups in total. The van der Waals surface area contributed by atoms with E-state index in [4.69, 9.17) is 0 Å². The second-order valence-corrected chi connectivity index (χ2v) is 7.36. The van der Waals surface area contributed by atoms with Gasteiger partial charge in [0.1, 0.15) is 0 Å². The van der Waals surface area contributed by atoms with Crippen molar-refractivity contribution in [1.29, 1.82) is 0 Å². The van der Waals surface area contributed by atoms with Crippen LogP contribution in [0.4, 0.5) is 11.4 Å². The molecule has 0 aliphatic rings. The Kier molecular flexibility index (Phi) is 6.09. The molecule has 0 fully saturated rings. The van der Waals surface area contributed by atoms with Crippen LogP contribution in [0.3, 0.4) is 0 Å². The van der Waals surface area contributed by atoms with Gasteiger partial charge in [0.05, 0.1) is 5.69 Å². The molecule has 0 radical (unpaired) electrons. The molecule has 2 amide bonds. The average molecular weight is 427 g/mol. The van der Waals surface area contributed by atoms with Crippen LogP contribution in [0.1, 0.15) is 0 Å². The van der Waals surface area contributed by atoms with E-state index in [0.29, 0.717) is 11.4 Å². The van der Waals surface area contributed by atoms with Crippen LogP contribution in [-0.4, -0.2) is 11.8 Å². The topological polar surface area (TPSA) is 58.2 Å². The second-order valence-electron chi connectivity index (χ2n) is 5.33.